The standard InChI is InChI=1S/C11H13FO2/c1-7-5-4-6-9(8(7)2)11(3,12)10(13)14/h4-6H,1-3H3,(H,13,14). The molecular formula is C11H13FO2. The second kappa shape index (κ2) is 3.40. The molecule has 1 atom stereocenters. The summed E-state index contributed by atoms with van der Waals surface area (Å²) in [7, 11) is 0. The van der Waals surface area contributed by atoms with Gasteiger partial charge in [-0.15, -0.1) is 0 Å². The molecule has 0 bridgehead atoms. The van der Waals surface area contributed by atoms with E-state index < -0.39 is 11.6 Å². The summed E-state index contributed by atoms with van der Waals surface area (Å²) < 4.78 is 13.8. The largest absolute Gasteiger partial charge is 0.479 e. The van der Waals surface area contributed by atoms with Gasteiger partial charge in [0, 0.05) is 5.56 Å². The van der Waals surface area contributed by atoms with Crippen LogP contribution in [0.4, 0.5) is 4.39 Å². The maximum atomic E-state index is 13.8. The summed E-state index contributed by atoms with van der Waals surface area (Å²) in [5.74, 6) is -1.45. The summed E-state index contributed by atoms with van der Waals surface area (Å²) in [6, 6.07) is 5.01. The van der Waals surface area contributed by atoms with E-state index in [-0.39, 0.29) is 5.56 Å². The maximum Gasteiger partial charge on any atom is 0.345 e. The first-order valence-corrected chi connectivity index (χ1v) is 4.36. The first-order chi connectivity index (χ1) is 6.37. The molecule has 76 valence electrons. The molecule has 14 heavy (non-hydrogen) atoms. The highest BCUT2D eigenvalue weighted by molar-refractivity contribution is 5.79. The smallest absolute Gasteiger partial charge is 0.345 e. The highest BCUT2D eigenvalue weighted by atomic mass is 19.1. The molecule has 0 spiro atoms. The van der Waals surface area contributed by atoms with Crippen LogP contribution in [0.3, 0.4) is 0 Å². The van der Waals surface area contributed by atoms with Crippen molar-refractivity contribution in [2.45, 2.75) is 26.4 Å². The fraction of sp³-hybridized carbons (Fsp3) is 0.364. The van der Waals surface area contributed by atoms with E-state index in [1.807, 2.05) is 13.0 Å². The van der Waals surface area contributed by atoms with Crippen molar-refractivity contribution in [3.8, 4) is 0 Å². The lowest BCUT2D eigenvalue weighted by molar-refractivity contribution is -0.150. The van der Waals surface area contributed by atoms with Crippen LogP contribution in [0.2, 0.25) is 0 Å². The van der Waals surface area contributed by atoms with Gasteiger partial charge in [0.05, 0.1) is 0 Å². The molecular weight excluding hydrogens is 183 g/mol. The maximum absolute atomic E-state index is 13.8. The van der Waals surface area contributed by atoms with E-state index in [4.69, 9.17) is 5.11 Å². The van der Waals surface area contributed by atoms with Gasteiger partial charge in [0.1, 0.15) is 0 Å². The number of aryl methyl sites for hydroxylation is 1. The van der Waals surface area contributed by atoms with E-state index in [9.17, 15) is 9.18 Å². The van der Waals surface area contributed by atoms with Crippen molar-refractivity contribution >= 4 is 5.97 Å². The van der Waals surface area contributed by atoms with Crippen molar-refractivity contribution in [1.82, 2.24) is 0 Å². The van der Waals surface area contributed by atoms with E-state index in [0.717, 1.165) is 12.5 Å². The minimum absolute atomic E-state index is 0.227. The van der Waals surface area contributed by atoms with Gasteiger partial charge >= 0.3 is 5.97 Å². The lowest BCUT2D eigenvalue weighted by Gasteiger charge is -2.18. The number of hydrogen-bond acceptors (Lipinski definition) is 1. The summed E-state index contributed by atoms with van der Waals surface area (Å²) in [6.45, 7) is 4.62. The number of aliphatic carboxylic acids is 1. The van der Waals surface area contributed by atoms with E-state index in [0.29, 0.717) is 5.56 Å². The Kier molecular flexibility index (Phi) is 2.60. The van der Waals surface area contributed by atoms with Crippen molar-refractivity contribution in [3.05, 3.63) is 34.9 Å². The van der Waals surface area contributed by atoms with Crippen molar-refractivity contribution < 1.29 is 14.3 Å². The number of carbonyl (C=O) groups is 1. The number of carboxylic acids is 1. The molecule has 3 heteroatoms. The molecule has 0 aliphatic rings. The normalized spacial score (nSPS) is 14.9. The van der Waals surface area contributed by atoms with Gasteiger partial charge in [0.2, 0.25) is 5.67 Å². The number of alkyl halides is 1. The van der Waals surface area contributed by atoms with Crippen LogP contribution in [0, 0.1) is 13.8 Å². The first kappa shape index (κ1) is 10.7. The van der Waals surface area contributed by atoms with E-state index >= 15 is 0 Å². The highest BCUT2D eigenvalue weighted by Gasteiger charge is 2.36. The second-order valence-corrected chi connectivity index (χ2v) is 3.56. The molecule has 1 rings (SSSR count). The molecule has 0 radical (unpaired) electrons. The minimum atomic E-state index is -2.31. The molecule has 1 unspecified atom stereocenters. The molecule has 0 fully saturated rings. The van der Waals surface area contributed by atoms with Gasteiger partial charge in [0.25, 0.3) is 0 Å². The molecule has 0 aromatic heterocycles. The first-order valence-electron chi connectivity index (χ1n) is 4.36. The van der Waals surface area contributed by atoms with Crippen LogP contribution >= 0.6 is 0 Å². The van der Waals surface area contributed by atoms with Gasteiger partial charge < -0.3 is 5.11 Å². The van der Waals surface area contributed by atoms with Crippen molar-refractivity contribution in [2.75, 3.05) is 0 Å². The molecule has 1 aromatic rings. The summed E-state index contributed by atoms with van der Waals surface area (Å²) in [4.78, 5) is 10.7. The van der Waals surface area contributed by atoms with Crippen LogP contribution in [-0.2, 0) is 10.5 Å². The SMILES string of the molecule is Cc1cccc(C(C)(F)C(=O)O)c1C. The molecule has 0 aliphatic carbocycles. The third-order valence-corrected chi connectivity index (χ3v) is 2.51. The predicted molar refractivity (Wildman–Crippen MR) is 52.0 cm³/mol. The van der Waals surface area contributed by atoms with Crippen molar-refractivity contribution in [2.24, 2.45) is 0 Å². The van der Waals surface area contributed by atoms with E-state index in [1.54, 1.807) is 13.0 Å². The molecule has 0 saturated heterocycles. The zero-order valence-corrected chi connectivity index (χ0v) is 8.47. The zero-order valence-electron chi connectivity index (χ0n) is 8.47. The fourth-order valence-electron chi connectivity index (χ4n) is 1.37. The number of halogens is 1. The average Bonchev–Trinajstić information content (AvgIpc) is 2.09. The van der Waals surface area contributed by atoms with Crippen LogP contribution in [0.25, 0.3) is 0 Å². The second-order valence-electron chi connectivity index (χ2n) is 3.56. The number of hydrogen-bond donors (Lipinski definition) is 1. The molecule has 0 aliphatic heterocycles. The molecule has 1 N–H and O–H groups in total. The predicted octanol–water partition coefficient (Wildman–Crippen LogP) is 2.57. The Morgan fingerprint density at radius 2 is 2.00 bits per heavy atom. The number of carboxylic acid groups (broad SMARTS) is 1. The molecule has 0 amide bonds. The van der Waals surface area contributed by atoms with Gasteiger partial charge in [-0.2, -0.15) is 0 Å². The highest BCUT2D eigenvalue weighted by Crippen LogP contribution is 2.29. The van der Waals surface area contributed by atoms with Gasteiger partial charge in [0.15, 0.2) is 0 Å². The molecule has 0 heterocycles. The molecule has 2 nitrogen and oxygen atoms in total. The van der Waals surface area contributed by atoms with Crippen LogP contribution in [0.5, 0.6) is 0 Å². The number of benzene rings is 1. The summed E-state index contributed by atoms with van der Waals surface area (Å²) in [5.41, 5.74) is -0.492. The summed E-state index contributed by atoms with van der Waals surface area (Å²) in [5, 5.41) is 8.74. The lowest BCUT2D eigenvalue weighted by atomic mass is 9.91. The van der Waals surface area contributed by atoms with Gasteiger partial charge in [-0.1, -0.05) is 18.2 Å². The zero-order chi connectivity index (χ0) is 10.9. The third-order valence-electron chi connectivity index (χ3n) is 2.51. The Balaban J connectivity index is 3.33. The summed E-state index contributed by atoms with van der Waals surface area (Å²) >= 11 is 0. The fourth-order valence-corrected chi connectivity index (χ4v) is 1.37. The van der Waals surface area contributed by atoms with E-state index in [1.165, 1.54) is 6.07 Å². The van der Waals surface area contributed by atoms with Crippen LogP contribution < -0.4 is 0 Å². The Bertz CT molecular complexity index is 370. The Labute approximate surface area is 82.4 Å². The van der Waals surface area contributed by atoms with Crippen molar-refractivity contribution in [3.63, 3.8) is 0 Å². The van der Waals surface area contributed by atoms with Crippen LogP contribution in [0.15, 0.2) is 18.2 Å². The Morgan fingerprint density at radius 3 is 2.50 bits per heavy atom. The van der Waals surface area contributed by atoms with Crippen LogP contribution in [0.1, 0.15) is 23.6 Å². The lowest BCUT2D eigenvalue weighted by Crippen LogP contribution is -2.28. The third kappa shape index (κ3) is 1.62. The van der Waals surface area contributed by atoms with E-state index in [2.05, 4.69) is 0 Å². The van der Waals surface area contributed by atoms with Gasteiger partial charge in [-0.3, -0.25) is 0 Å². The Hall–Kier alpha value is -1.38. The average molecular weight is 196 g/mol. The monoisotopic (exact) mass is 196 g/mol. The van der Waals surface area contributed by atoms with Crippen LogP contribution in [-0.4, -0.2) is 11.1 Å². The summed E-state index contributed by atoms with van der Waals surface area (Å²) in [6.07, 6.45) is 0. The molecule has 0 saturated carbocycles. The quantitative estimate of drug-likeness (QED) is 0.789. The van der Waals surface area contributed by atoms with Crippen molar-refractivity contribution in [1.29, 1.82) is 0 Å². The number of rotatable bonds is 2. The topological polar surface area (TPSA) is 37.3 Å². The Morgan fingerprint density at radius 1 is 1.43 bits per heavy atom. The molecule has 1 aromatic carbocycles. The van der Waals surface area contributed by atoms with Gasteiger partial charge in [-0.05, 0) is 31.9 Å². The minimum Gasteiger partial charge on any atom is -0.479 e. The van der Waals surface area contributed by atoms with Gasteiger partial charge in [-0.25, -0.2) is 9.18 Å².